The molecule has 0 spiro atoms. The van der Waals surface area contributed by atoms with Gasteiger partial charge in [0.25, 0.3) is 0 Å². The Bertz CT molecular complexity index is 593. The number of aliphatic hydroxyl groups excluding tert-OH is 1. The first kappa shape index (κ1) is 15.9. The van der Waals surface area contributed by atoms with Crippen LogP contribution in [0.25, 0.3) is 0 Å². The molecule has 2 N–H and O–H groups in total. The quantitative estimate of drug-likeness (QED) is 0.842. The number of benzene rings is 2. The van der Waals surface area contributed by atoms with Gasteiger partial charge < -0.3 is 15.2 Å². The van der Waals surface area contributed by atoms with E-state index in [2.05, 4.69) is 5.32 Å². The van der Waals surface area contributed by atoms with Gasteiger partial charge in [0, 0.05) is 11.6 Å². The van der Waals surface area contributed by atoms with Crippen molar-refractivity contribution < 1.29 is 14.2 Å². The Morgan fingerprint density at radius 2 is 1.86 bits per heavy atom. The Morgan fingerprint density at radius 3 is 2.57 bits per heavy atom. The Balaban J connectivity index is 1.80. The van der Waals surface area contributed by atoms with Gasteiger partial charge in [0.1, 0.15) is 24.3 Å². The molecule has 0 radical (unpaired) electrons. The average Bonchev–Trinajstić information content (AvgIpc) is 2.47. The van der Waals surface area contributed by atoms with Crippen molar-refractivity contribution in [2.24, 2.45) is 0 Å². The molecule has 112 valence electrons. The molecule has 6 heteroatoms. The molecule has 0 aromatic heterocycles. The van der Waals surface area contributed by atoms with Crippen LogP contribution in [0.3, 0.4) is 0 Å². The maximum atomic E-state index is 12.7. The van der Waals surface area contributed by atoms with Crippen molar-refractivity contribution in [2.75, 3.05) is 18.5 Å². The van der Waals surface area contributed by atoms with Crippen LogP contribution in [0, 0.1) is 5.82 Å². The van der Waals surface area contributed by atoms with Crippen LogP contribution in [0.2, 0.25) is 10.0 Å². The number of anilines is 1. The highest BCUT2D eigenvalue weighted by Gasteiger charge is 2.07. The van der Waals surface area contributed by atoms with Crippen molar-refractivity contribution >= 4 is 28.9 Å². The predicted molar refractivity (Wildman–Crippen MR) is 82.9 cm³/mol. The topological polar surface area (TPSA) is 41.5 Å². The summed E-state index contributed by atoms with van der Waals surface area (Å²) >= 11 is 11.9. The fourth-order valence-corrected chi connectivity index (χ4v) is 2.00. The molecule has 0 heterocycles. The number of nitrogens with one attached hydrogen (secondary N) is 1. The molecule has 1 atom stereocenters. The smallest absolute Gasteiger partial charge is 0.123 e. The van der Waals surface area contributed by atoms with E-state index in [0.29, 0.717) is 21.5 Å². The molecule has 1 unspecified atom stereocenters. The van der Waals surface area contributed by atoms with Crippen molar-refractivity contribution in [1.29, 1.82) is 0 Å². The molecule has 2 aromatic rings. The van der Waals surface area contributed by atoms with E-state index in [-0.39, 0.29) is 19.0 Å². The van der Waals surface area contributed by atoms with E-state index < -0.39 is 6.10 Å². The summed E-state index contributed by atoms with van der Waals surface area (Å²) in [5.74, 6) is 0.163. The van der Waals surface area contributed by atoms with Crippen molar-refractivity contribution in [3.8, 4) is 5.75 Å². The minimum atomic E-state index is -0.745. The largest absolute Gasteiger partial charge is 0.491 e. The zero-order valence-corrected chi connectivity index (χ0v) is 12.5. The van der Waals surface area contributed by atoms with Gasteiger partial charge in [-0.25, -0.2) is 4.39 Å². The maximum Gasteiger partial charge on any atom is 0.123 e. The number of aliphatic hydroxyl groups is 1. The van der Waals surface area contributed by atoms with E-state index in [0.717, 1.165) is 0 Å². The molecule has 0 aliphatic heterocycles. The fraction of sp³-hybridized carbons (Fsp3) is 0.200. The number of hydrogen-bond donors (Lipinski definition) is 2. The first-order valence-corrected chi connectivity index (χ1v) is 7.05. The van der Waals surface area contributed by atoms with Gasteiger partial charge in [-0.3, -0.25) is 0 Å². The minimum absolute atomic E-state index is 0.0802. The molecule has 2 rings (SSSR count). The van der Waals surface area contributed by atoms with Crippen molar-refractivity contribution in [1.82, 2.24) is 0 Å². The first-order valence-electron chi connectivity index (χ1n) is 6.30. The third-order valence-corrected chi connectivity index (χ3v) is 3.28. The molecule has 2 aromatic carbocycles. The lowest BCUT2D eigenvalue weighted by atomic mass is 10.3. The summed E-state index contributed by atoms with van der Waals surface area (Å²) in [4.78, 5) is 0. The lowest BCUT2D eigenvalue weighted by Crippen LogP contribution is -2.26. The second kappa shape index (κ2) is 7.50. The molecule has 0 saturated carbocycles. The van der Waals surface area contributed by atoms with Crippen LogP contribution >= 0.6 is 23.2 Å². The summed E-state index contributed by atoms with van der Waals surface area (Å²) in [7, 11) is 0. The highest BCUT2D eigenvalue weighted by molar-refractivity contribution is 6.35. The third kappa shape index (κ3) is 5.08. The molecule has 21 heavy (non-hydrogen) atoms. The standard InChI is InChI=1S/C15H14Cl2FNO2/c16-10-1-6-14(17)15(7-10)19-8-12(20)9-21-13-4-2-11(18)3-5-13/h1-7,12,19-20H,8-9H2. The summed E-state index contributed by atoms with van der Waals surface area (Å²) in [6.45, 7) is 0.331. The number of ether oxygens (including phenoxy) is 1. The van der Waals surface area contributed by atoms with Gasteiger partial charge in [-0.15, -0.1) is 0 Å². The maximum absolute atomic E-state index is 12.7. The predicted octanol–water partition coefficient (Wildman–Crippen LogP) is 3.98. The average molecular weight is 330 g/mol. The summed E-state index contributed by atoms with van der Waals surface area (Å²) in [6.07, 6.45) is -0.745. The summed E-state index contributed by atoms with van der Waals surface area (Å²) in [6, 6.07) is 10.6. The van der Waals surface area contributed by atoms with Crippen LogP contribution in [-0.4, -0.2) is 24.4 Å². The first-order chi connectivity index (χ1) is 10.0. The monoisotopic (exact) mass is 329 g/mol. The number of hydrogen-bond acceptors (Lipinski definition) is 3. The minimum Gasteiger partial charge on any atom is -0.491 e. The molecular formula is C15H14Cl2FNO2. The highest BCUT2D eigenvalue weighted by Crippen LogP contribution is 2.25. The van der Waals surface area contributed by atoms with E-state index in [9.17, 15) is 9.50 Å². The van der Waals surface area contributed by atoms with Crippen molar-refractivity contribution in [3.05, 3.63) is 58.3 Å². The molecule has 0 bridgehead atoms. The molecule has 0 aliphatic carbocycles. The Kier molecular flexibility index (Phi) is 5.67. The third-order valence-electron chi connectivity index (χ3n) is 2.71. The van der Waals surface area contributed by atoms with Gasteiger partial charge >= 0.3 is 0 Å². The van der Waals surface area contributed by atoms with Crippen LogP contribution in [0.15, 0.2) is 42.5 Å². The van der Waals surface area contributed by atoms with Crippen LogP contribution in [-0.2, 0) is 0 Å². The summed E-state index contributed by atoms with van der Waals surface area (Å²) < 4.78 is 18.1. The van der Waals surface area contributed by atoms with Crippen LogP contribution in [0.4, 0.5) is 10.1 Å². The fourth-order valence-electron chi connectivity index (χ4n) is 1.64. The van der Waals surface area contributed by atoms with Gasteiger partial charge in [-0.05, 0) is 42.5 Å². The zero-order valence-electron chi connectivity index (χ0n) is 11.0. The molecule has 0 aliphatic rings. The van der Waals surface area contributed by atoms with Gasteiger partial charge in [0.2, 0.25) is 0 Å². The van der Waals surface area contributed by atoms with E-state index in [1.54, 1.807) is 18.2 Å². The van der Waals surface area contributed by atoms with Crippen LogP contribution < -0.4 is 10.1 Å². The van der Waals surface area contributed by atoms with E-state index in [1.165, 1.54) is 24.3 Å². The lowest BCUT2D eigenvalue weighted by Gasteiger charge is -2.15. The molecular weight excluding hydrogens is 316 g/mol. The Morgan fingerprint density at radius 1 is 1.14 bits per heavy atom. The van der Waals surface area contributed by atoms with Crippen LogP contribution in [0.5, 0.6) is 5.75 Å². The molecule has 0 saturated heterocycles. The SMILES string of the molecule is OC(CNc1cc(Cl)ccc1Cl)COc1ccc(F)cc1. The lowest BCUT2D eigenvalue weighted by molar-refractivity contribution is 0.117. The van der Waals surface area contributed by atoms with E-state index >= 15 is 0 Å². The molecule has 3 nitrogen and oxygen atoms in total. The highest BCUT2D eigenvalue weighted by atomic mass is 35.5. The van der Waals surface area contributed by atoms with Gasteiger partial charge in [-0.2, -0.15) is 0 Å². The van der Waals surface area contributed by atoms with Gasteiger partial charge in [-0.1, -0.05) is 23.2 Å². The second-order valence-corrected chi connectivity index (χ2v) is 5.27. The normalized spacial score (nSPS) is 12.0. The zero-order chi connectivity index (χ0) is 15.2. The van der Waals surface area contributed by atoms with Crippen molar-refractivity contribution in [3.63, 3.8) is 0 Å². The van der Waals surface area contributed by atoms with Gasteiger partial charge in [0.15, 0.2) is 0 Å². The Labute approximate surface area is 132 Å². The molecule has 0 fully saturated rings. The summed E-state index contributed by atoms with van der Waals surface area (Å²) in [5, 5.41) is 13.9. The number of halogens is 3. The van der Waals surface area contributed by atoms with E-state index in [1.807, 2.05) is 0 Å². The second-order valence-electron chi connectivity index (χ2n) is 4.42. The van der Waals surface area contributed by atoms with Crippen molar-refractivity contribution in [2.45, 2.75) is 6.10 Å². The van der Waals surface area contributed by atoms with Crippen LogP contribution in [0.1, 0.15) is 0 Å². The summed E-state index contributed by atoms with van der Waals surface area (Å²) in [5.41, 5.74) is 0.644. The number of rotatable bonds is 6. The Hall–Kier alpha value is -1.49. The van der Waals surface area contributed by atoms with E-state index in [4.69, 9.17) is 27.9 Å². The molecule has 0 amide bonds. The van der Waals surface area contributed by atoms with Gasteiger partial charge in [0.05, 0.1) is 10.7 Å².